The van der Waals surface area contributed by atoms with Crippen LogP contribution in [0.5, 0.6) is 0 Å². The van der Waals surface area contributed by atoms with E-state index in [1.165, 1.54) is 6.07 Å². The Kier molecular flexibility index (Phi) is 7.34. The number of aliphatic hydroxyl groups is 2. The summed E-state index contributed by atoms with van der Waals surface area (Å²) in [5, 5.41) is 26.1. The van der Waals surface area contributed by atoms with Crippen molar-refractivity contribution >= 4 is 34.1 Å². The molecule has 1 aromatic heterocycles. The molecule has 194 valence electrons. The number of halogens is 4. The number of aromatic amines is 1. The quantitative estimate of drug-likeness (QED) is 0.195. The number of rotatable bonds is 7. The number of amides is 1. The molecule has 4 rings (SSSR count). The van der Waals surface area contributed by atoms with Crippen LogP contribution in [-0.4, -0.2) is 27.3 Å². The molecule has 0 aliphatic heterocycles. The number of benzene rings is 3. The van der Waals surface area contributed by atoms with Crippen LogP contribution in [0.2, 0.25) is 5.02 Å². The Balaban J connectivity index is 1.47. The van der Waals surface area contributed by atoms with Crippen molar-refractivity contribution in [2.45, 2.75) is 38.4 Å². The predicted molar refractivity (Wildman–Crippen MR) is 137 cm³/mol. The number of carbonyl (C=O) groups excluding carboxylic acids is 1. The number of H-pyrrole nitrogens is 1. The second-order valence-corrected chi connectivity index (χ2v) is 9.59. The van der Waals surface area contributed by atoms with E-state index in [2.05, 4.69) is 15.6 Å². The first-order chi connectivity index (χ1) is 17.3. The summed E-state index contributed by atoms with van der Waals surface area (Å²) in [6, 6.07) is 16.4. The fourth-order valence-electron chi connectivity index (χ4n) is 3.89. The predicted octanol–water partition coefficient (Wildman–Crippen LogP) is 5.78. The summed E-state index contributed by atoms with van der Waals surface area (Å²) in [6.07, 6.45) is -4.60. The highest BCUT2D eigenvalue weighted by molar-refractivity contribution is 6.31. The topological polar surface area (TPSA) is 97.4 Å². The van der Waals surface area contributed by atoms with E-state index >= 15 is 0 Å². The molecule has 0 aliphatic rings. The molecule has 1 unspecified atom stereocenters. The van der Waals surface area contributed by atoms with Crippen molar-refractivity contribution in [2.75, 3.05) is 5.32 Å². The van der Waals surface area contributed by atoms with E-state index in [-0.39, 0.29) is 6.54 Å². The van der Waals surface area contributed by atoms with Gasteiger partial charge in [0, 0.05) is 23.6 Å². The Hall–Kier alpha value is -3.37. The Morgan fingerprint density at radius 1 is 1.05 bits per heavy atom. The zero-order valence-electron chi connectivity index (χ0n) is 19.9. The molecule has 0 bridgehead atoms. The van der Waals surface area contributed by atoms with Crippen LogP contribution in [0.15, 0.2) is 66.9 Å². The summed E-state index contributed by atoms with van der Waals surface area (Å²) in [5.74, 6) is -0.742. The lowest BCUT2D eigenvalue weighted by molar-refractivity contribution is -0.137. The first-order valence-electron chi connectivity index (χ1n) is 11.4. The number of nitrogens with one attached hydrogen (secondary N) is 3. The number of hydrogen-bond donors (Lipinski definition) is 5. The molecule has 0 saturated heterocycles. The monoisotopic (exact) mass is 531 g/mol. The molecule has 1 amide bonds. The van der Waals surface area contributed by atoms with Gasteiger partial charge in [0.2, 0.25) is 0 Å². The van der Waals surface area contributed by atoms with Crippen molar-refractivity contribution in [3.05, 3.63) is 88.6 Å². The summed E-state index contributed by atoms with van der Waals surface area (Å²) in [6.45, 7) is 3.34. The van der Waals surface area contributed by atoms with Crippen molar-refractivity contribution in [1.82, 2.24) is 10.3 Å². The molecule has 0 spiro atoms. The smallest absolute Gasteiger partial charge is 0.386 e. The molecule has 0 radical (unpaired) electrons. The number of anilines is 1. The van der Waals surface area contributed by atoms with E-state index in [1.54, 1.807) is 20.0 Å². The highest BCUT2D eigenvalue weighted by atomic mass is 35.5. The maximum atomic E-state index is 12.9. The Morgan fingerprint density at radius 2 is 1.78 bits per heavy atom. The first-order valence-corrected chi connectivity index (χ1v) is 11.7. The third kappa shape index (κ3) is 6.14. The minimum Gasteiger partial charge on any atom is -0.386 e. The molecule has 37 heavy (non-hydrogen) atoms. The molecule has 0 saturated carbocycles. The average Bonchev–Trinajstić information content (AvgIpc) is 3.23. The van der Waals surface area contributed by atoms with Crippen molar-refractivity contribution in [2.24, 2.45) is 0 Å². The third-order valence-corrected chi connectivity index (χ3v) is 6.24. The van der Waals surface area contributed by atoms with Gasteiger partial charge in [-0.3, -0.25) is 10.1 Å². The van der Waals surface area contributed by atoms with Gasteiger partial charge in [0.25, 0.3) is 5.91 Å². The minimum absolute atomic E-state index is 0.0813. The van der Waals surface area contributed by atoms with Gasteiger partial charge in [0.05, 0.1) is 21.9 Å². The van der Waals surface area contributed by atoms with Crippen LogP contribution < -0.4 is 10.6 Å². The average molecular weight is 532 g/mol. The zero-order valence-corrected chi connectivity index (χ0v) is 20.7. The summed E-state index contributed by atoms with van der Waals surface area (Å²) in [5.41, 5.74) is 2.14. The van der Waals surface area contributed by atoms with Crippen LogP contribution in [0.3, 0.4) is 0 Å². The number of fused-ring (bicyclic) bond motifs is 1. The van der Waals surface area contributed by atoms with Crippen LogP contribution in [0.4, 0.5) is 18.9 Å². The number of carbonyl (C=O) groups is 1. The van der Waals surface area contributed by atoms with Gasteiger partial charge in [-0.05, 0) is 66.4 Å². The van der Waals surface area contributed by atoms with E-state index in [0.717, 1.165) is 34.3 Å². The van der Waals surface area contributed by atoms with Crippen molar-refractivity contribution in [1.29, 1.82) is 0 Å². The normalized spacial score (nSPS) is 13.1. The molecule has 1 atom stereocenters. The van der Waals surface area contributed by atoms with Crippen LogP contribution in [0.1, 0.15) is 30.5 Å². The minimum atomic E-state index is -4.57. The van der Waals surface area contributed by atoms with E-state index in [1.807, 2.05) is 42.5 Å². The van der Waals surface area contributed by atoms with Gasteiger partial charge in [0.1, 0.15) is 0 Å². The van der Waals surface area contributed by atoms with E-state index in [9.17, 15) is 28.2 Å². The van der Waals surface area contributed by atoms with Gasteiger partial charge < -0.3 is 20.5 Å². The van der Waals surface area contributed by atoms with Gasteiger partial charge in [-0.2, -0.15) is 13.2 Å². The number of aliphatic hydroxyl groups excluding tert-OH is 1. The van der Waals surface area contributed by atoms with Crippen LogP contribution >= 0.6 is 11.6 Å². The molecule has 0 aliphatic carbocycles. The zero-order chi connectivity index (χ0) is 27.0. The van der Waals surface area contributed by atoms with E-state index < -0.39 is 34.5 Å². The lowest BCUT2D eigenvalue weighted by Crippen LogP contribution is -2.39. The number of aromatic nitrogens is 1. The summed E-state index contributed by atoms with van der Waals surface area (Å²) in [4.78, 5) is 15.7. The third-order valence-electron chi connectivity index (χ3n) is 5.93. The number of hydrogen-bond acceptors (Lipinski definition) is 4. The van der Waals surface area contributed by atoms with Crippen LogP contribution in [-0.2, 0) is 23.1 Å². The van der Waals surface area contributed by atoms with Crippen molar-refractivity contribution in [3.63, 3.8) is 0 Å². The van der Waals surface area contributed by atoms with E-state index in [0.29, 0.717) is 16.6 Å². The highest BCUT2D eigenvalue weighted by Crippen LogP contribution is 2.35. The number of alkyl halides is 3. The molecule has 4 aromatic rings. The van der Waals surface area contributed by atoms with Gasteiger partial charge in [0.15, 0.2) is 6.23 Å². The second-order valence-electron chi connectivity index (χ2n) is 9.19. The van der Waals surface area contributed by atoms with Gasteiger partial charge in [-0.25, -0.2) is 0 Å². The highest BCUT2D eigenvalue weighted by Gasteiger charge is 2.33. The molecule has 5 N–H and O–H groups in total. The summed E-state index contributed by atoms with van der Waals surface area (Å²) in [7, 11) is 0. The fraction of sp³-hybridized carbons (Fsp3) is 0.222. The maximum absolute atomic E-state index is 12.9. The molecule has 0 fully saturated rings. The largest absolute Gasteiger partial charge is 0.417 e. The molecular weight excluding hydrogens is 507 g/mol. The van der Waals surface area contributed by atoms with Crippen molar-refractivity contribution < 1.29 is 28.2 Å². The standard InChI is InChI=1S/C27H25ClF3N3O3/c1-26(2,37)18-5-3-4-16(11-18)17-7-9-22-19(12-17)23(14-32-22)34-25(36)24(35)33-13-15-6-8-20(21(28)10-15)27(29,30)31/h3-12,14,24,32-33,35,37H,13H2,1-2H3,(H,34,36). The molecule has 3 aromatic carbocycles. The molecular formula is C27H25ClF3N3O3. The summed E-state index contributed by atoms with van der Waals surface area (Å²) < 4.78 is 38.6. The Morgan fingerprint density at radius 3 is 2.46 bits per heavy atom. The summed E-state index contributed by atoms with van der Waals surface area (Å²) >= 11 is 5.72. The van der Waals surface area contributed by atoms with Gasteiger partial charge >= 0.3 is 6.18 Å². The van der Waals surface area contributed by atoms with Crippen molar-refractivity contribution in [3.8, 4) is 11.1 Å². The van der Waals surface area contributed by atoms with Gasteiger partial charge in [-0.1, -0.05) is 41.9 Å². The van der Waals surface area contributed by atoms with Crippen LogP contribution in [0, 0.1) is 0 Å². The maximum Gasteiger partial charge on any atom is 0.417 e. The molecule has 10 heteroatoms. The second kappa shape index (κ2) is 10.2. The fourth-order valence-corrected chi connectivity index (χ4v) is 4.20. The Labute approximate surface area is 216 Å². The lowest BCUT2D eigenvalue weighted by atomic mass is 9.94. The first kappa shape index (κ1) is 26.7. The van der Waals surface area contributed by atoms with Gasteiger partial charge in [-0.15, -0.1) is 0 Å². The molecule has 1 heterocycles. The lowest BCUT2D eigenvalue weighted by Gasteiger charge is -2.18. The van der Waals surface area contributed by atoms with Crippen LogP contribution in [0.25, 0.3) is 22.0 Å². The SMILES string of the molecule is CC(C)(O)c1cccc(-c2ccc3[nH]cc(NC(=O)C(O)NCc4ccc(C(F)(F)F)c(Cl)c4)c3c2)c1. The van der Waals surface area contributed by atoms with E-state index in [4.69, 9.17) is 11.6 Å². The Bertz CT molecular complexity index is 1440. The molecule has 6 nitrogen and oxygen atoms in total.